The Morgan fingerprint density at radius 2 is 2.05 bits per heavy atom. The van der Waals surface area contributed by atoms with Crippen LogP contribution in [0.2, 0.25) is 5.02 Å². The van der Waals surface area contributed by atoms with E-state index in [0.717, 1.165) is 0 Å². The standard InChI is InChI=1S/C13H17ClN2O4/c1-16(6-7-19-2)13(18)15-9-4-5-11(14)10(8-9)12(17)20-3/h4-5,8H,6-7H2,1-3H3,(H,15,18). The summed E-state index contributed by atoms with van der Waals surface area (Å²) in [5.74, 6) is -0.557. The molecule has 1 aromatic carbocycles. The van der Waals surface area contributed by atoms with Gasteiger partial charge >= 0.3 is 12.0 Å². The van der Waals surface area contributed by atoms with Gasteiger partial charge in [0.2, 0.25) is 0 Å². The number of hydrogen-bond donors (Lipinski definition) is 1. The first-order valence-corrected chi connectivity index (χ1v) is 6.26. The van der Waals surface area contributed by atoms with Gasteiger partial charge in [-0.2, -0.15) is 0 Å². The number of ether oxygens (including phenoxy) is 2. The van der Waals surface area contributed by atoms with Gasteiger partial charge in [-0.05, 0) is 18.2 Å². The van der Waals surface area contributed by atoms with Crippen molar-refractivity contribution in [3.8, 4) is 0 Å². The fourth-order valence-corrected chi connectivity index (χ4v) is 1.61. The molecule has 0 aliphatic heterocycles. The Kier molecular flexibility index (Phi) is 6.27. The first kappa shape index (κ1) is 16.3. The zero-order valence-electron chi connectivity index (χ0n) is 11.6. The van der Waals surface area contributed by atoms with E-state index in [1.165, 1.54) is 24.1 Å². The zero-order chi connectivity index (χ0) is 15.1. The number of amides is 2. The summed E-state index contributed by atoms with van der Waals surface area (Å²) in [6.45, 7) is 0.901. The third kappa shape index (κ3) is 4.40. The topological polar surface area (TPSA) is 67.9 Å². The van der Waals surface area contributed by atoms with Gasteiger partial charge in [0.05, 0.1) is 24.3 Å². The lowest BCUT2D eigenvalue weighted by molar-refractivity contribution is 0.0601. The fourth-order valence-electron chi connectivity index (χ4n) is 1.42. The second-order valence-electron chi connectivity index (χ2n) is 4.03. The highest BCUT2D eigenvalue weighted by atomic mass is 35.5. The van der Waals surface area contributed by atoms with Gasteiger partial charge in [0.15, 0.2) is 0 Å². The third-order valence-corrected chi connectivity index (χ3v) is 2.93. The number of esters is 1. The number of likely N-dealkylation sites (N-methyl/N-ethyl adjacent to an activating group) is 1. The highest BCUT2D eigenvalue weighted by molar-refractivity contribution is 6.33. The van der Waals surface area contributed by atoms with Crippen LogP contribution in [0, 0.1) is 0 Å². The van der Waals surface area contributed by atoms with Crippen LogP contribution in [0.4, 0.5) is 10.5 Å². The molecule has 6 nitrogen and oxygen atoms in total. The normalized spacial score (nSPS) is 10.0. The monoisotopic (exact) mass is 300 g/mol. The van der Waals surface area contributed by atoms with Crippen LogP contribution in [0.3, 0.4) is 0 Å². The van der Waals surface area contributed by atoms with E-state index >= 15 is 0 Å². The van der Waals surface area contributed by atoms with E-state index in [0.29, 0.717) is 18.8 Å². The van der Waals surface area contributed by atoms with Crippen LogP contribution in [0.15, 0.2) is 18.2 Å². The van der Waals surface area contributed by atoms with Crippen molar-refractivity contribution in [3.63, 3.8) is 0 Å². The second kappa shape index (κ2) is 7.72. The van der Waals surface area contributed by atoms with Crippen LogP contribution >= 0.6 is 11.6 Å². The molecule has 0 saturated carbocycles. The minimum atomic E-state index is -0.557. The maximum Gasteiger partial charge on any atom is 0.339 e. The minimum Gasteiger partial charge on any atom is -0.465 e. The minimum absolute atomic E-state index is 0.200. The molecule has 20 heavy (non-hydrogen) atoms. The average molecular weight is 301 g/mol. The summed E-state index contributed by atoms with van der Waals surface area (Å²) in [6, 6.07) is 4.30. The van der Waals surface area contributed by atoms with E-state index in [9.17, 15) is 9.59 Å². The number of nitrogens with zero attached hydrogens (tertiary/aromatic N) is 1. The molecule has 7 heteroatoms. The van der Waals surface area contributed by atoms with Crippen molar-refractivity contribution in [1.82, 2.24) is 4.90 Å². The molecule has 110 valence electrons. The Morgan fingerprint density at radius 3 is 2.65 bits per heavy atom. The average Bonchev–Trinajstić information content (AvgIpc) is 2.45. The molecule has 0 aliphatic carbocycles. The van der Waals surface area contributed by atoms with Gasteiger partial charge in [0.1, 0.15) is 0 Å². The summed E-state index contributed by atoms with van der Waals surface area (Å²) >= 11 is 5.90. The number of carbonyl (C=O) groups excluding carboxylic acids is 2. The molecule has 2 amide bonds. The molecule has 0 heterocycles. The molecule has 0 fully saturated rings. The van der Waals surface area contributed by atoms with Gasteiger partial charge in [-0.25, -0.2) is 9.59 Å². The lowest BCUT2D eigenvalue weighted by atomic mass is 10.2. The maximum absolute atomic E-state index is 11.9. The summed E-state index contributed by atoms with van der Waals surface area (Å²) in [7, 11) is 4.47. The van der Waals surface area contributed by atoms with Crippen molar-refractivity contribution >= 4 is 29.3 Å². The van der Waals surface area contributed by atoms with Gasteiger partial charge in [-0.3, -0.25) is 0 Å². The van der Waals surface area contributed by atoms with E-state index in [4.69, 9.17) is 16.3 Å². The Balaban J connectivity index is 2.78. The summed E-state index contributed by atoms with van der Waals surface area (Å²) in [5, 5.41) is 2.93. The molecule has 0 bridgehead atoms. The van der Waals surface area contributed by atoms with Gasteiger partial charge < -0.3 is 19.7 Å². The highest BCUT2D eigenvalue weighted by Crippen LogP contribution is 2.21. The van der Waals surface area contributed by atoms with Crippen molar-refractivity contribution in [2.24, 2.45) is 0 Å². The number of benzene rings is 1. The Bertz CT molecular complexity index is 493. The van der Waals surface area contributed by atoms with E-state index in [-0.39, 0.29) is 16.6 Å². The summed E-state index contributed by atoms with van der Waals surface area (Å²) in [6.07, 6.45) is 0. The lowest BCUT2D eigenvalue weighted by Gasteiger charge is -2.17. The van der Waals surface area contributed by atoms with Gasteiger partial charge in [-0.15, -0.1) is 0 Å². The smallest absolute Gasteiger partial charge is 0.339 e. The molecule has 0 spiro atoms. The molecule has 0 saturated heterocycles. The molecule has 1 rings (SSSR count). The molecule has 0 atom stereocenters. The number of urea groups is 1. The quantitative estimate of drug-likeness (QED) is 0.847. The number of rotatable bonds is 5. The number of methoxy groups -OCH3 is 2. The first-order valence-electron chi connectivity index (χ1n) is 5.88. The maximum atomic E-state index is 11.9. The molecular weight excluding hydrogens is 284 g/mol. The summed E-state index contributed by atoms with van der Waals surface area (Å²) < 4.78 is 9.51. The van der Waals surface area contributed by atoms with Crippen molar-refractivity contribution < 1.29 is 19.1 Å². The van der Waals surface area contributed by atoms with Gasteiger partial charge in [0, 0.05) is 26.4 Å². The molecule has 1 N–H and O–H groups in total. The van der Waals surface area contributed by atoms with Crippen LogP contribution in [-0.2, 0) is 9.47 Å². The van der Waals surface area contributed by atoms with Crippen LogP contribution in [0.5, 0.6) is 0 Å². The number of nitrogens with one attached hydrogen (secondary N) is 1. The highest BCUT2D eigenvalue weighted by Gasteiger charge is 2.13. The van der Waals surface area contributed by atoms with E-state index in [1.54, 1.807) is 20.2 Å². The Morgan fingerprint density at radius 1 is 1.35 bits per heavy atom. The van der Waals surface area contributed by atoms with Crippen LogP contribution in [0.25, 0.3) is 0 Å². The predicted molar refractivity (Wildman–Crippen MR) is 76.3 cm³/mol. The third-order valence-electron chi connectivity index (χ3n) is 2.60. The van der Waals surface area contributed by atoms with E-state index < -0.39 is 5.97 Å². The Hall–Kier alpha value is -1.79. The van der Waals surface area contributed by atoms with Crippen molar-refractivity contribution in [1.29, 1.82) is 0 Å². The largest absolute Gasteiger partial charge is 0.465 e. The Labute approximate surface area is 122 Å². The van der Waals surface area contributed by atoms with Gasteiger partial charge in [0.25, 0.3) is 0 Å². The van der Waals surface area contributed by atoms with Crippen LogP contribution < -0.4 is 5.32 Å². The molecule has 0 aromatic heterocycles. The van der Waals surface area contributed by atoms with Crippen LogP contribution in [0.1, 0.15) is 10.4 Å². The SMILES string of the molecule is COCCN(C)C(=O)Nc1ccc(Cl)c(C(=O)OC)c1. The molecular formula is C13H17ClN2O4. The lowest BCUT2D eigenvalue weighted by Crippen LogP contribution is -2.33. The number of anilines is 1. The number of halogens is 1. The molecule has 0 unspecified atom stereocenters. The molecule has 1 aromatic rings. The number of hydrogen-bond acceptors (Lipinski definition) is 4. The molecule has 0 aliphatic rings. The van der Waals surface area contributed by atoms with Crippen molar-refractivity contribution in [3.05, 3.63) is 28.8 Å². The summed E-state index contributed by atoms with van der Waals surface area (Å²) in [5.41, 5.74) is 0.663. The fraction of sp³-hybridized carbons (Fsp3) is 0.385. The van der Waals surface area contributed by atoms with Crippen molar-refractivity contribution in [2.45, 2.75) is 0 Å². The zero-order valence-corrected chi connectivity index (χ0v) is 12.4. The molecule has 0 radical (unpaired) electrons. The van der Waals surface area contributed by atoms with E-state index in [1.807, 2.05) is 0 Å². The first-order chi connectivity index (χ1) is 9.49. The summed E-state index contributed by atoms with van der Waals surface area (Å²) in [4.78, 5) is 24.8. The second-order valence-corrected chi connectivity index (χ2v) is 4.44. The van der Waals surface area contributed by atoms with E-state index in [2.05, 4.69) is 10.1 Å². The predicted octanol–water partition coefficient (Wildman–Crippen LogP) is 2.24. The number of carbonyl (C=O) groups is 2. The van der Waals surface area contributed by atoms with Crippen LogP contribution in [-0.4, -0.2) is 51.3 Å². The van der Waals surface area contributed by atoms with Gasteiger partial charge in [-0.1, -0.05) is 11.6 Å². The van der Waals surface area contributed by atoms with Crippen molar-refractivity contribution in [2.75, 3.05) is 39.7 Å².